The van der Waals surface area contributed by atoms with Gasteiger partial charge in [0.05, 0.1) is 14.2 Å². The summed E-state index contributed by atoms with van der Waals surface area (Å²) in [5.41, 5.74) is 0.908. The number of rotatable bonds is 9. The van der Waals surface area contributed by atoms with Crippen LogP contribution in [0.2, 0.25) is 0 Å². The molecule has 7 heteroatoms. The highest BCUT2D eigenvalue weighted by atomic mass is 16.5. The van der Waals surface area contributed by atoms with E-state index in [4.69, 9.17) is 9.47 Å². The summed E-state index contributed by atoms with van der Waals surface area (Å²) in [6, 6.07) is 5.21. The van der Waals surface area contributed by atoms with Crippen molar-refractivity contribution in [3.8, 4) is 11.5 Å². The van der Waals surface area contributed by atoms with Crippen LogP contribution in [0.1, 0.15) is 12.0 Å². The monoisotopic (exact) mass is 295 g/mol. The first-order valence-electron chi connectivity index (χ1n) is 6.61. The van der Waals surface area contributed by atoms with Gasteiger partial charge >= 0.3 is 6.03 Å². The first-order valence-corrected chi connectivity index (χ1v) is 6.61. The molecule has 1 aromatic carbocycles. The van der Waals surface area contributed by atoms with Crippen LogP contribution in [0, 0.1) is 0 Å². The van der Waals surface area contributed by atoms with Crippen LogP contribution < -0.4 is 25.4 Å². The molecule has 0 fully saturated rings. The predicted molar refractivity (Wildman–Crippen MR) is 78.5 cm³/mol. The number of carbonyl (C=O) groups is 2. The van der Waals surface area contributed by atoms with E-state index in [1.807, 2.05) is 12.1 Å². The highest BCUT2D eigenvalue weighted by molar-refractivity contribution is 5.73. The lowest BCUT2D eigenvalue weighted by Crippen LogP contribution is -2.36. The summed E-state index contributed by atoms with van der Waals surface area (Å²) in [5, 5.41) is 7.97. The van der Waals surface area contributed by atoms with Crippen molar-refractivity contribution in [3.63, 3.8) is 0 Å². The lowest BCUT2D eigenvalue weighted by Gasteiger charge is -2.11. The minimum Gasteiger partial charge on any atom is -0.493 e. The molecule has 0 heterocycles. The molecule has 3 amide bonds. The molecule has 21 heavy (non-hydrogen) atoms. The summed E-state index contributed by atoms with van der Waals surface area (Å²) < 4.78 is 10.3. The van der Waals surface area contributed by atoms with Gasteiger partial charge in [-0.05, 0) is 24.1 Å². The van der Waals surface area contributed by atoms with Gasteiger partial charge in [0.1, 0.15) is 0 Å². The number of carbonyl (C=O) groups excluding carboxylic acids is 2. The maximum atomic E-state index is 11.6. The topological polar surface area (TPSA) is 88.7 Å². The minimum absolute atomic E-state index is 0.254. The fraction of sp³-hybridized carbons (Fsp3) is 0.429. The van der Waals surface area contributed by atoms with Crippen molar-refractivity contribution in [2.45, 2.75) is 13.0 Å². The van der Waals surface area contributed by atoms with Gasteiger partial charge in [-0.3, -0.25) is 4.79 Å². The molecule has 0 atom stereocenters. The fourth-order valence-electron chi connectivity index (χ4n) is 1.69. The number of hydrogen-bond acceptors (Lipinski definition) is 4. The van der Waals surface area contributed by atoms with Gasteiger partial charge in [0.2, 0.25) is 6.41 Å². The van der Waals surface area contributed by atoms with Gasteiger partial charge < -0.3 is 25.4 Å². The Bertz CT molecular complexity index is 466. The highest BCUT2D eigenvalue weighted by Gasteiger charge is 2.05. The van der Waals surface area contributed by atoms with Crippen LogP contribution in [0.4, 0.5) is 4.79 Å². The van der Waals surface area contributed by atoms with E-state index in [0.29, 0.717) is 44.0 Å². The second-order valence-electron chi connectivity index (χ2n) is 4.22. The molecule has 116 valence electrons. The van der Waals surface area contributed by atoms with Crippen molar-refractivity contribution in [3.05, 3.63) is 23.8 Å². The van der Waals surface area contributed by atoms with Gasteiger partial charge in [0.25, 0.3) is 0 Å². The third-order valence-electron chi connectivity index (χ3n) is 2.77. The molecular weight excluding hydrogens is 274 g/mol. The van der Waals surface area contributed by atoms with E-state index in [9.17, 15) is 9.59 Å². The maximum Gasteiger partial charge on any atom is 0.315 e. The summed E-state index contributed by atoms with van der Waals surface area (Å²) in [4.78, 5) is 21.6. The lowest BCUT2D eigenvalue weighted by molar-refractivity contribution is -0.109. The Hall–Kier alpha value is -2.44. The van der Waals surface area contributed by atoms with Gasteiger partial charge in [-0.25, -0.2) is 4.79 Å². The van der Waals surface area contributed by atoms with Crippen molar-refractivity contribution < 1.29 is 19.1 Å². The number of urea groups is 1. The van der Waals surface area contributed by atoms with E-state index < -0.39 is 0 Å². The zero-order valence-corrected chi connectivity index (χ0v) is 12.3. The van der Waals surface area contributed by atoms with Crippen molar-refractivity contribution in [2.24, 2.45) is 0 Å². The van der Waals surface area contributed by atoms with Gasteiger partial charge in [0, 0.05) is 19.6 Å². The Kier molecular flexibility index (Phi) is 7.49. The van der Waals surface area contributed by atoms with E-state index in [-0.39, 0.29) is 6.03 Å². The Morgan fingerprint density at radius 3 is 2.57 bits per heavy atom. The zero-order chi connectivity index (χ0) is 15.5. The molecule has 0 saturated heterocycles. The molecule has 0 saturated carbocycles. The molecule has 7 nitrogen and oxygen atoms in total. The van der Waals surface area contributed by atoms with E-state index in [1.165, 1.54) is 0 Å². The second kappa shape index (κ2) is 9.46. The van der Waals surface area contributed by atoms with Crippen LogP contribution in [0.15, 0.2) is 18.2 Å². The SMILES string of the molecule is COc1ccc(CNC(=O)NCCCNC=O)cc1OC. The van der Waals surface area contributed by atoms with Crippen molar-refractivity contribution in [1.29, 1.82) is 0 Å². The molecule has 0 bridgehead atoms. The van der Waals surface area contributed by atoms with Crippen LogP contribution >= 0.6 is 0 Å². The Balaban J connectivity index is 2.34. The zero-order valence-electron chi connectivity index (χ0n) is 12.3. The molecule has 0 aliphatic heterocycles. The second-order valence-corrected chi connectivity index (χ2v) is 4.22. The molecule has 0 aliphatic rings. The van der Waals surface area contributed by atoms with Crippen molar-refractivity contribution >= 4 is 12.4 Å². The van der Waals surface area contributed by atoms with Gasteiger partial charge in [0.15, 0.2) is 11.5 Å². The minimum atomic E-state index is -0.254. The average Bonchev–Trinajstić information content (AvgIpc) is 2.52. The molecular formula is C14H21N3O4. The number of ether oxygens (including phenoxy) is 2. The normalized spacial score (nSPS) is 9.62. The fourth-order valence-corrected chi connectivity index (χ4v) is 1.69. The highest BCUT2D eigenvalue weighted by Crippen LogP contribution is 2.27. The standard InChI is InChI=1S/C14H21N3O4/c1-20-12-5-4-11(8-13(12)21-2)9-17-14(19)16-7-3-6-15-10-18/h4-5,8,10H,3,6-7,9H2,1-2H3,(H,15,18)(H2,16,17,19). The molecule has 0 aromatic heterocycles. The lowest BCUT2D eigenvalue weighted by atomic mass is 10.2. The Labute approximate surface area is 124 Å². The maximum absolute atomic E-state index is 11.6. The molecule has 0 aliphatic carbocycles. The van der Waals surface area contributed by atoms with Crippen LogP contribution in [0.3, 0.4) is 0 Å². The number of benzene rings is 1. The van der Waals surface area contributed by atoms with Crippen LogP contribution in [-0.4, -0.2) is 39.8 Å². The average molecular weight is 295 g/mol. The van der Waals surface area contributed by atoms with Crippen LogP contribution in [0.5, 0.6) is 11.5 Å². The molecule has 1 aromatic rings. The summed E-state index contributed by atoms with van der Waals surface area (Å²) in [7, 11) is 3.14. The summed E-state index contributed by atoms with van der Waals surface area (Å²) in [6.45, 7) is 1.43. The van der Waals surface area contributed by atoms with E-state index in [2.05, 4.69) is 16.0 Å². The Morgan fingerprint density at radius 1 is 1.14 bits per heavy atom. The Morgan fingerprint density at radius 2 is 1.90 bits per heavy atom. The first-order chi connectivity index (χ1) is 10.2. The molecule has 0 radical (unpaired) electrons. The van der Waals surface area contributed by atoms with Crippen LogP contribution in [-0.2, 0) is 11.3 Å². The van der Waals surface area contributed by atoms with Crippen molar-refractivity contribution in [2.75, 3.05) is 27.3 Å². The summed E-state index contributed by atoms with van der Waals surface area (Å²) in [5.74, 6) is 1.27. The predicted octanol–water partition coefficient (Wildman–Crippen LogP) is 0.639. The van der Waals surface area contributed by atoms with Crippen LogP contribution in [0.25, 0.3) is 0 Å². The number of nitrogens with one attached hydrogen (secondary N) is 3. The third kappa shape index (κ3) is 6.03. The number of hydrogen-bond donors (Lipinski definition) is 3. The summed E-state index contributed by atoms with van der Waals surface area (Å²) >= 11 is 0. The first kappa shape index (κ1) is 16.6. The quantitative estimate of drug-likeness (QED) is 0.461. The number of methoxy groups -OCH3 is 2. The largest absolute Gasteiger partial charge is 0.493 e. The molecule has 3 N–H and O–H groups in total. The van der Waals surface area contributed by atoms with Crippen molar-refractivity contribution in [1.82, 2.24) is 16.0 Å². The summed E-state index contributed by atoms with van der Waals surface area (Å²) in [6.07, 6.45) is 1.32. The van der Waals surface area contributed by atoms with Gasteiger partial charge in [-0.1, -0.05) is 6.07 Å². The van der Waals surface area contributed by atoms with E-state index >= 15 is 0 Å². The van der Waals surface area contributed by atoms with Gasteiger partial charge in [-0.15, -0.1) is 0 Å². The molecule has 0 unspecified atom stereocenters. The van der Waals surface area contributed by atoms with E-state index in [1.54, 1.807) is 20.3 Å². The molecule has 1 rings (SSSR count). The number of amides is 3. The van der Waals surface area contributed by atoms with E-state index in [0.717, 1.165) is 5.56 Å². The molecule has 0 spiro atoms. The third-order valence-corrected chi connectivity index (χ3v) is 2.77. The smallest absolute Gasteiger partial charge is 0.315 e. The van der Waals surface area contributed by atoms with Gasteiger partial charge in [-0.2, -0.15) is 0 Å².